The molecule has 21 heavy (non-hydrogen) atoms. The molecule has 0 bridgehead atoms. The van der Waals surface area contributed by atoms with E-state index in [1.54, 1.807) is 12.1 Å². The molecule has 0 aromatic heterocycles. The van der Waals surface area contributed by atoms with E-state index < -0.39 is 0 Å². The van der Waals surface area contributed by atoms with Crippen LogP contribution >= 0.6 is 0 Å². The molecule has 2 aliphatic rings. The number of piperidine rings is 1. The van der Waals surface area contributed by atoms with E-state index in [0.29, 0.717) is 17.4 Å². The molecule has 3 rings (SSSR count). The van der Waals surface area contributed by atoms with Crippen LogP contribution in [0.5, 0.6) is 5.75 Å². The normalized spacial score (nSPS) is 25.2. The zero-order valence-electron chi connectivity index (χ0n) is 12.5. The highest BCUT2D eigenvalue weighted by molar-refractivity contribution is 5.78. The Hall–Kier alpha value is -1.71. The van der Waals surface area contributed by atoms with Gasteiger partial charge in [0.25, 0.3) is 5.91 Å². The number of hydrogen-bond acceptors (Lipinski definition) is 3. The lowest BCUT2D eigenvalue weighted by Crippen LogP contribution is -2.46. The zero-order chi connectivity index (χ0) is 14.7. The van der Waals surface area contributed by atoms with E-state index in [4.69, 9.17) is 10.5 Å². The van der Waals surface area contributed by atoms with Crippen LogP contribution in [0.1, 0.15) is 32.1 Å². The molecule has 0 radical (unpaired) electrons. The number of benzene rings is 1. The second-order valence-corrected chi connectivity index (χ2v) is 6.26. The summed E-state index contributed by atoms with van der Waals surface area (Å²) < 4.78 is 5.57. The SMILES string of the molecule is Nc1ccccc1OCC(=O)N1CCC2CCCCC2C1. The number of hydrogen-bond donors (Lipinski definition) is 1. The standard InChI is InChI=1S/C17H24N2O2/c18-15-7-3-4-8-16(15)21-12-17(20)19-10-9-13-5-1-2-6-14(13)11-19/h3-4,7-8,13-14H,1-2,5-6,9-12,18H2. The van der Waals surface area contributed by atoms with E-state index in [-0.39, 0.29) is 12.5 Å². The molecule has 1 amide bonds. The maximum absolute atomic E-state index is 12.3. The molecule has 4 heteroatoms. The monoisotopic (exact) mass is 288 g/mol. The number of nitrogens with zero attached hydrogens (tertiary/aromatic N) is 1. The number of para-hydroxylation sites is 2. The molecule has 2 fully saturated rings. The van der Waals surface area contributed by atoms with Gasteiger partial charge in [0.15, 0.2) is 6.61 Å². The molecule has 2 N–H and O–H groups in total. The van der Waals surface area contributed by atoms with Crippen molar-refractivity contribution in [1.82, 2.24) is 4.90 Å². The van der Waals surface area contributed by atoms with E-state index in [1.807, 2.05) is 17.0 Å². The number of ether oxygens (including phenoxy) is 1. The van der Waals surface area contributed by atoms with Crippen LogP contribution in [-0.4, -0.2) is 30.5 Å². The third kappa shape index (κ3) is 3.31. The van der Waals surface area contributed by atoms with Crippen LogP contribution in [0.2, 0.25) is 0 Å². The van der Waals surface area contributed by atoms with Crippen molar-refractivity contribution < 1.29 is 9.53 Å². The van der Waals surface area contributed by atoms with Crippen LogP contribution in [0.25, 0.3) is 0 Å². The van der Waals surface area contributed by atoms with Gasteiger partial charge in [0.1, 0.15) is 5.75 Å². The fourth-order valence-electron chi connectivity index (χ4n) is 3.67. The summed E-state index contributed by atoms with van der Waals surface area (Å²) in [6.07, 6.45) is 6.47. The maximum atomic E-state index is 12.3. The van der Waals surface area contributed by atoms with Crippen molar-refractivity contribution in [3.63, 3.8) is 0 Å². The van der Waals surface area contributed by atoms with Gasteiger partial charge in [-0.05, 0) is 36.8 Å². The minimum Gasteiger partial charge on any atom is -0.482 e. The van der Waals surface area contributed by atoms with E-state index in [1.165, 1.54) is 25.7 Å². The smallest absolute Gasteiger partial charge is 0.260 e. The van der Waals surface area contributed by atoms with E-state index >= 15 is 0 Å². The molecule has 4 nitrogen and oxygen atoms in total. The number of likely N-dealkylation sites (tertiary alicyclic amines) is 1. The Morgan fingerprint density at radius 2 is 1.95 bits per heavy atom. The first kappa shape index (κ1) is 14.2. The van der Waals surface area contributed by atoms with Gasteiger partial charge in [-0.25, -0.2) is 0 Å². The molecule has 1 saturated heterocycles. The van der Waals surface area contributed by atoms with Gasteiger partial charge in [-0.1, -0.05) is 31.4 Å². The van der Waals surface area contributed by atoms with Gasteiger partial charge in [0, 0.05) is 13.1 Å². The number of amides is 1. The van der Waals surface area contributed by atoms with Crippen LogP contribution in [0.15, 0.2) is 24.3 Å². The summed E-state index contributed by atoms with van der Waals surface area (Å²) >= 11 is 0. The Morgan fingerprint density at radius 1 is 1.19 bits per heavy atom. The number of fused-ring (bicyclic) bond motifs is 1. The number of carbonyl (C=O) groups is 1. The lowest BCUT2D eigenvalue weighted by Gasteiger charge is -2.41. The van der Waals surface area contributed by atoms with E-state index in [9.17, 15) is 4.79 Å². The first-order valence-electron chi connectivity index (χ1n) is 7.99. The molecule has 2 unspecified atom stereocenters. The molecule has 0 spiro atoms. The Bertz CT molecular complexity index is 503. The van der Waals surface area contributed by atoms with Crippen molar-refractivity contribution in [2.24, 2.45) is 11.8 Å². The van der Waals surface area contributed by atoms with Crippen LogP contribution in [0.3, 0.4) is 0 Å². The minimum absolute atomic E-state index is 0.0854. The van der Waals surface area contributed by atoms with Gasteiger partial charge in [-0.2, -0.15) is 0 Å². The van der Waals surface area contributed by atoms with Crippen LogP contribution in [0, 0.1) is 11.8 Å². The van der Waals surface area contributed by atoms with Crippen molar-refractivity contribution in [1.29, 1.82) is 0 Å². The van der Waals surface area contributed by atoms with Gasteiger partial charge >= 0.3 is 0 Å². The van der Waals surface area contributed by atoms with E-state index in [0.717, 1.165) is 25.4 Å². The number of nitrogen functional groups attached to an aromatic ring is 1. The van der Waals surface area contributed by atoms with Crippen molar-refractivity contribution in [2.45, 2.75) is 32.1 Å². The summed E-state index contributed by atoms with van der Waals surface area (Å²) in [5, 5.41) is 0. The number of nitrogens with two attached hydrogens (primary N) is 1. The molecule has 1 aromatic carbocycles. The summed E-state index contributed by atoms with van der Waals surface area (Å²) in [6.45, 7) is 1.89. The second kappa shape index (κ2) is 6.37. The quantitative estimate of drug-likeness (QED) is 0.870. The lowest BCUT2D eigenvalue weighted by atomic mass is 9.75. The molecule has 1 aliphatic heterocycles. The molecular weight excluding hydrogens is 264 g/mol. The summed E-state index contributed by atoms with van der Waals surface area (Å²) in [5.74, 6) is 2.23. The van der Waals surface area contributed by atoms with Crippen molar-refractivity contribution in [2.75, 3.05) is 25.4 Å². The highest BCUT2D eigenvalue weighted by atomic mass is 16.5. The predicted octanol–water partition coefficient (Wildman–Crippen LogP) is 2.69. The van der Waals surface area contributed by atoms with Gasteiger partial charge in [0.2, 0.25) is 0 Å². The molecule has 1 aromatic rings. The summed E-state index contributed by atoms with van der Waals surface area (Å²) in [6, 6.07) is 7.31. The largest absolute Gasteiger partial charge is 0.482 e. The summed E-state index contributed by atoms with van der Waals surface area (Å²) in [4.78, 5) is 14.3. The fraction of sp³-hybridized carbons (Fsp3) is 0.588. The Kier molecular flexibility index (Phi) is 4.32. The number of rotatable bonds is 3. The van der Waals surface area contributed by atoms with Crippen LogP contribution in [-0.2, 0) is 4.79 Å². The Labute approximate surface area is 126 Å². The summed E-state index contributed by atoms with van der Waals surface area (Å²) in [5.41, 5.74) is 6.40. The number of carbonyl (C=O) groups excluding carboxylic acids is 1. The Morgan fingerprint density at radius 3 is 2.76 bits per heavy atom. The van der Waals surface area contributed by atoms with Gasteiger partial charge in [-0.15, -0.1) is 0 Å². The third-order valence-electron chi connectivity index (χ3n) is 4.91. The van der Waals surface area contributed by atoms with Crippen LogP contribution in [0.4, 0.5) is 5.69 Å². The maximum Gasteiger partial charge on any atom is 0.260 e. The fourth-order valence-corrected chi connectivity index (χ4v) is 3.67. The molecule has 114 valence electrons. The minimum atomic E-state index is 0.0854. The molecule has 1 saturated carbocycles. The topological polar surface area (TPSA) is 55.6 Å². The predicted molar refractivity (Wildman–Crippen MR) is 83.0 cm³/mol. The molecule has 1 heterocycles. The summed E-state index contributed by atoms with van der Waals surface area (Å²) in [7, 11) is 0. The molecular formula is C17H24N2O2. The van der Waals surface area contributed by atoms with Gasteiger partial charge < -0.3 is 15.4 Å². The highest BCUT2D eigenvalue weighted by Gasteiger charge is 2.32. The lowest BCUT2D eigenvalue weighted by molar-refractivity contribution is -0.136. The zero-order valence-corrected chi connectivity index (χ0v) is 12.5. The van der Waals surface area contributed by atoms with E-state index in [2.05, 4.69) is 0 Å². The highest BCUT2D eigenvalue weighted by Crippen LogP contribution is 2.36. The average Bonchev–Trinajstić information content (AvgIpc) is 2.53. The second-order valence-electron chi connectivity index (χ2n) is 6.26. The first-order chi connectivity index (χ1) is 10.2. The average molecular weight is 288 g/mol. The van der Waals surface area contributed by atoms with Crippen molar-refractivity contribution in [3.8, 4) is 5.75 Å². The first-order valence-corrected chi connectivity index (χ1v) is 7.99. The van der Waals surface area contributed by atoms with Crippen molar-refractivity contribution in [3.05, 3.63) is 24.3 Å². The molecule has 2 atom stereocenters. The van der Waals surface area contributed by atoms with Crippen molar-refractivity contribution >= 4 is 11.6 Å². The number of anilines is 1. The van der Waals surface area contributed by atoms with Gasteiger partial charge in [0.05, 0.1) is 5.69 Å². The Balaban J connectivity index is 1.53. The third-order valence-corrected chi connectivity index (χ3v) is 4.91. The van der Waals surface area contributed by atoms with Crippen LogP contribution < -0.4 is 10.5 Å². The molecule has 1 aliphatic carbocycles. The van der Waals surface area contributed by atoms with Gasteiger partial charge in [-0.3, -0.25) is 4.79 Å².